The first-order valence-corrected chi connectivity index (χ1v) is 10.1. The molecule has 1 aromatic rings. The van der Waals surface area contributed by atoms with Gasteiger partial charge in [0.05, 0.1) is 18.9 Å². The maximum absolute atomic E-state index is 13.2. The molecule has 1 aromatic heterocycles. The molecule has 2 saturated heterocycles. The second-order valence-electron chi connectivity index (χ2n) is 7.75. The Kier molecular flexibility index (Phi) is 5.70. The SMILES string of the molecule is O=C(C1COCCN1C1CCCC1)N1CCC(Nc2cccnc2)CC1. The molecule has 0 aromatic carbocycles. The van der Waals surface area contributed by atoms with Crippen molar-refractivity contribution in [3.63, 3.8) is 0 Å². The molecule has 1 unspecified atom stereocenters. The molecule has 1 atom stereocenters. The van der Waals surface area contributed by atoms with Crippen LogP contribution in [0.25, 0.3) is 0 Å². The molecule has 26 heavy (non-hydrogen) atoms. The number of nitrogens with one attached hydrogen (secondary N) is 1. The van der Waals surface area contributed by atoms with E-state index >= 15 is 0 Å². The first-order valence-electron chi connectivity index (χ1n) is 10.1. The minimum atomic E-state index is -0.0744. The van der Waals surface area contributed by atoms with Crippen LogP contribution in [0.3, 0.4) is 0 Å². The molecule has 3 fully saturated rings. The van der Waals surface area contributed by atoms with Crippen LogP contribution < -0.4 is 5.32 Å². The van der Waals surface area contributed by atoms with Gasteiger partial charge in [-0.2, -0.15) is 0 Å². The second kappa shape index (κ2) is 8.35. The molecule has 0 bridgehead atoms. The number of hydrogen-bond acceptors (Lipinski definition) is 5. The van der Waals surface area contributed by atoms with Gasteiger partial charge in [-0.05, 0) is 37.8 Å². The van der Waals surface area contributed by atoms with E-state index in [-0.39, 0.29) is 11.9 Å². The Balaban J connectivity index is 1.32. The number of rotatable bonds is 4. The summed E-state index contributed by atoms with van der Waals surface area (Å²) >= 11 is 0. The van der Waals surface area contributed by atoms with Gasteiger partial charge in [-0.15, -0.1) is 0 Å². The van der Waals surface area contributed by atoms with Crippen LogP contribution in [0, 0.1) is 0 Å². The molecular weight excluding hydrogens is 328 g/mol. The van der Waals surface area contributed by atoms with Crippen LogP contribution in [-0.2, 0) is 9.53 Å². The zero-order chi connectivity index (χ0) is 17.8. The highest BCUT2D eigenvalue weighted by Gasteiger charge is 2.38. The van der Waals surface area contributed by atoms with E-state index in [2.05, 4.69) is 20.1 Å². The highest BCUT2D eigenvalue weighted by atomic mass is 16.5. The number of amides is 1. The lowest BCUT2D eigenvalue weighted by Crippen LogP contribution is -2.58. The van der Waals surface area contributed by atoms with E-state index in [9.17, 15) is 4.79 Å². The number of pyridine rings is 1. The zero-order valence-corrected chi connectivity index (χ0v) is 15.5. The summed E-state index contributed by atoms with van der Waals surface area (Å²) in [5.41, 5.74) is 1.06. The first-order chi connectivity index (χ1) is 12.8. The molecule has 6 heteroatoms. The normalized spacial score (nSPS) is 26.2. The monoisotopic (exact) mass is 358 g/mol. The summed E-state index contributed by atoms with van der Waals surface area (Å²) in [5, 5.41) is 3.54. The highest BCUT2D eigenvalue weighted by molar-refractivity contribution is 5.82. The van der Waals surface area contributed by atoms with Crippen LogP contribution in [-0.4, -0.2) is 71.7 Å². The fourth-order valence-corrected chi connectivity index (χ4v) is 4.64. The summed E-state index contributed by atoms with van der Waals surface area (Å²) < 4.78 is 5.68. The Morgan fingerprint density at radius 3 is 2.69 bits per heavy atom. The van der Waals surface area contributed by atoms with Crippen molar-refractivity contribution in [3.05, 3.63) is 24.5 Å². The summed E-state index contributed by atoms with van der Waals surface area (Å²) in [7, 11) is 0. The number of piperidine rings is 1. The molecule has 1 saturated carbocycles. The highest BCUT2D eigenvalue weighted by Crippen LogP contribution is 2.27. The predicted molar refractivity (Wildman–Crippen MR) is 101 cm³/mol. The van der Waals surface area contributed by atoms with Crippen LogP contribution >= 0.6 is 0 Å². The van der Waals surface area contributed by atoms with Crippen molar-refractivity contribution in [2.45, 2.75) is 56.7 Å². The van der Waals surface area contributed by atoms with Crippen LogP contribution in [0.1, 0.15) is 38.5 Å². The molecule has 142 valence electrons. The van der Waals surface area contributed by atoms with Crippen LogP contribution in [0.5, 0.6) is 0 Å². The van der Waals surface area contributed by atoms with Crippen LogP contribution in [0.2, 0.25) is 0 Å². The van der Waals surface area contributed by atoms with Crippen LogP contribution in [0.15, 0.2) is 24.5 Å². The molecule has 1 N–H and O–H groups in total. The number of morpholine rings is 1. The standard InChI is InChI=1S/C20H30N4O2/c25-20(19-15-26-13-12-24(19)18-5-1-2-6-18)23-10-7-16(8-11-23)22-17-4-3-9-21-14-17/h3-4,9,14,16,18-19,22H,1-2,5-8,10-13,15H2. The summed E-state index contributed by atoms with van der Waals surface area (Å²) in [6.45, 7) is 3.87. The lowest BCUT2D eigenvalue weighted by Gasteiger charge is -2.42. The molecule has 1 amide bonds. The lowest BCUT2D eigenvalue weighted by molar-refractivity contribution is -0.146. The van der Waals surface area contributed by atoms with E-state index in [1.807, 2.05) is 18.3 Å². The number of hydrogen-bond donors (Lipinski definition) is 1. The van der Waals surface area contributed by atoms with E-state index < -0.39 is 0 Å². The number of nitrogens with zero attached hydrogens (tertiary/aromatic N) is 3. The molecule has 0 spiro atoms. The number of anilines is 1. The van der Waals surface area contributed by atoms with Gasteiger partial charge in [0.25, 0.3) is 0 Å². The third kappa shape index (κ3) is 4.01. The number of carbonyl (C=O) groups excluding carboxylic acids is 1. The topological polar surface area (TPSA) is 57.7 Å². The van der Waals surface area contributed by atoms with Crippen molar-refractivity contribution >= 4 is 11.6 Å². The van der Waals surface area contributed by atoms with Crippen molar-refractivity contribution in [1.82, 2.24) is 14.8 Å². The summed E-state index contributed by atoms with van der Waals surface area (Å²) in [6.07, 6.45) is 10.7. The molecule has 2 aliphatic heterocycles. The smallest absolute Gasteiger partial charge is 0.242 e. The van der Waals surface area contributed by atoms with Gasteiger partial charge in [-0.3, -0.25) is 14.7 Å². The largest absolute Gasteiger partial charge is 0.381 e. The molecule has 0 radical (unpaired) electrons. The Morgan fingerprint density at radius 2 is 1.96 bits per heavy atom. The Labute approximate surface area is 155 Å². The van der Waals surface area contributed by atoms with Crippen LogP contribution in [0.4, 0.5) is 5.69 Å². The number of aromatic nitrogens is 1. The average molecular weight is 358 g/mol. The first kappa shape index (κ1) is 17.7. The Morgan fingerprint density at radius 1 is 1.15 bits per heavy atom. The quantitative estimate of drug-likeness (QED) is 0.894. The summed E-state index contributed by atoms with van der Waals surface area (Å²) in [4.78, 5) is 21.8. The van der Waals surface area contributed by atoms with Gasteiger partial charge in [0, 0.05) is 44.1 Å². The molecule has 1 aliphatic carbocycles. The van der Waals surface area contributed by atoms with Crippen molar-refractivity contribution in [3.8, 4) is 0 Å². The van der Waals surface area contributed by atoms with E-state index in [4.69, 9.17) is 4.74 Å². The van der Waals surface area contributed by atoms with Crippen molar-refractivity contribution in [1.29, 1.82) is 0 Å². The van der Waals surface area contributed by atoms with Gasteiger partial charge in [0.2, 0.25) is 5.91 Å². The van der Waals surface area contributed by atoms with E-state index in [1.165, 1.54) is 25.7 Å². The fourth-order valence-electron chi connectivity index (χ4n) is 4.64. The van der Waals surface area contributed by atoms with Gasteiger partial charge >= 0.3 is 0 Å². The van der Waals surface area contributed by atoms with E-state index in [0.29, 0.717) is 18.7 Å². The van der Waals surface area contributed by atoms with E-state index in [0.717, 1.165) is 44.8 Å². The molecule has 4 rings (SSSR count). The predicted octanol–water partition coefficient (Wildman–Crippen LogP) is 2.13. The summed E-state index contributed by atoms with van der Waals surface area (Å²) in [6, 6.07) is 4.91. The number of carbonyl (C=O) groups is 1. The molecule has 3 heterocycles. The number of ether oxygens (including phenoxy) is 1. The van der Waals surface area contributed by atoms with Gasteiger partial charge in [-0.25, -0.2) is 0 Å². The van der Waals surface area contributed by atoms with Gasteiger partial charge in [-0.1, -0.05) is 12.8 Å². The summed E-state index contributed by atoms with van der Waals surface area (Å²) in [5.74, 6) is 0.274. The van der Waals surface area contributed by atoms with E-state index in [1.54, 1.807) is 6.20 Å². The fraction of sp³-hybridized carbons (Fsp3) is 0.700. The lowest BCUT2D eigenvalue weighted by atomic mass is 10.0. The Bertz CT molecular complexity index is 583. The zero-order valence-electron chi connectivity index (χ0n) is 15.5. The average Bonchev–Trinajstić information content (AvgIpc) is 3.24. The Hall–Kier alpha value is -1.66. The van der Waals surface area contributed by atoms with Crippen molar-refractivity contribution < 1.29 is 9.53 Å². The van der Waals surface area contributed by atoms with Gasteiger partial charge in [0.1, 0.15) is 6.04 Å². The maximum atomic E-state index is 13.2. The minimum absolute atomic E-state index is 0.0744. The van der Waals surface area contributed by atoms with Crippen molar-refractivity contribution in [2.75, 3.05) is 38.2 Å². The van der Waals surface area contributed by atoms with Gasteiger partial charge in [0.15, 0.2) is 0 Å². The third-order valence-electron chi connectivity index (χ3n) is 6.09. The molecule has 6 nitrogen and oxygen atoms in total. The van der Waals surface area contributed by atoms with Crippen molar-refractivity contribution in [2.24, 2.45) is 0 Å². The minimum Gasteiger partial charge on any atom is -0.381 e. The molecular formula is C20H30N4O2. The second-order valence-corrected chi connectivity index (χ2v) is 7.75. The number of likely N-dealkylation sites (tertiary alicyclic amines) is 1. The maximum Gasteiger partial charge on any atom is 0.242 e. The van der Waals surface area contributed by atoms with Gasteiger partial charge < -0.3 is 15.0 Å². The third-order valence-corrected chi connectivity index (χ3v) is 6.09. The molecule has 3 aliphatic rings.